The summed E-state index contributed by atoms with van der Waals surface area (Å²) in [7, 11) is -2.34. The van der Waals surface area contributed by atoms with E-state index in [1.165, 1.54) is 4.31 Å². The number of amides is 2. The number of ether oxygens (including phenoxy) is 1. The molecule has 2 heterocycles. The fraction of sp³-hybridized carbons (Fsp3) is 0.440. The van der Waals surface area contributed by atoms with Gasteiger partial charge in [-0.15, -0.1) is 0 Å². The van der Waals surface area contributed by atoms with E-state index in [1.807, 2.05) is 19.1 Å². The van der Waals surface area contributed by atoms with Crippen LogP contribution in [-0.4, -0.2) is 51.3 Å². The maximum Gasteiger partial charge on any atom is 0.244 e. The van der Waals surface area contributed by atoms with Crippen LogP contribution < -0.4 is 15.0 Å². The number of anilines is 2. The SMILES string of the molecule is CCC(=O)N1CCc2cc(Br)c(S(=O)(=O)N3CCCC(C(=O)Nc4cc(C)ccc4OC)C3)cc21. The second kappa shape index (κ2) is 10.3. The van der Waals surface area contributed by atoms with Crippen LogP contribution >= 0.6 is 15.9 Å². The fourth-order valence-corrected chi connectivity index (χ4v) is 7.30. The Labute approximate surface area is 214 Å². The maximum absolute atomic E-state index is 13.7. The summed E-state index contributed by atoms with van der Waals surface area (Å²) in [4.78, 5) is 27.2. The first kappa shape index (κ1) is 25.7. The molecule has 35 heavy (non-hydrogen) atoms. The van der Waals surface area contributed by atoms with Gasteiger partial charge in [-0.05, 0) is 77.5 Å². The summed E-state index contributed by atoms with van der Waals surface area (Å²) < 4.78 is 34.5. The Balaban J connectivity index is 1.56. The van der Waals surface area contributed by atoms with E-state index in [1.54, 1.807) is 37.1 Å². The molecule has 0 spiro atoms. The van der Waals surface area contributed by atoms with Crippen molar-refractivity contribution in [1.29, 1.82) is 0 Å². The Morgan fingerprint density at radius 3 is 2.69 bits per heavy atom. The Bertz CT molecular complexity index is 1260. The van der Waals surface area contributed by atoms with Crippen LogP contribution in [0.2, 0.25) is 0 Å². The summed E-state index contributed by atoms with van der Waals surface area (Å²) in [5.74, 6) is -0.204. The smallest absolute Gasteiger partial charge is 0.244 e. The number of hydrogen-bond acceptors (Lipinski definition) is 5. The molecule has 0 aliphatic carbocycles. The lowest BCUT2D eigenvalue weighted by molar-refractivity contribution is -0.121. The topological polar surface area (TPSA) is 96.0 Å². The number of halogens is 1. The van der Waals surface area contributed by atoms with E-state index in [2.05, 4.69) is 21.2 Å². The van der Waals surface area contributed by atoms with Gasteiger partial charge in [-0.25, -0.2) is 8.42 Å². The molecule has 0 bridgehead atoms. The van der Waals surface area contributed by atoms with Crippen LogP contribution in [0.1, 0.15) is 37.3 Å². The lowest BCUT2D eigenvalue weighted by Crippen LogP contribution is -2.43. The van der Waals surface area contributed by atoms with Crippen molar-refractivity contribution in [2.75, 3.05) is 37.0 Å². The molecule has 1 saturated heterocycles. The fourth-order valence-electron chi connectivity index (χ4n) is 4.70. The molecule has 1 fully saturated rings. The third-order valence-electron chi connectivity index (χ3n) is 6.62. The number of aryl methyl sites for hydroxylation is 1. The maximum atomic E-state index is 13.7. The summed E-state index contributed by atoms with van der Waals surface area (Å²) in [6.07, 6.45) is 2.21. The van der Waals surface area contributed by atoms with Crippen LogP contribution in [0.3, 0.4) is 0 Å². The number of benzene rings is 2. The van der Waals surface area contributed by atoms with Crippen molar-refractivity contribution in [2.24, 2.45) is 5.92 Å². The van der Waals surface area contributed by atoms with E-state index in [4.69, 9.17) is 4.74 Å². The first-order valence-corrected chi connectivity index (χ1v) is 14.0. The van der Waals surface area contributed by atoms with Gasteiger partial charge >= 0.3 is 0 Å². The molecule has 2 aliphatic heterocycles. The highest BCUT2D eigenvalue weighted by Gasteiger charge is 2.36. The number of sulfonamides is 1. The summed E-state index contributed by atoms with van der Waals surface area (Å²) in [5, 5.41) is 2.91. The molecule has 1 atom stereocenters. The summed E-state index contributed by atoms with van der Waals surface area (Å²) in [6, 6.07) is 8.91. The number of piperidine rings is 1. The number of hydrogen-bond donors (Lipinski definition) is 1. The molecule has 2 aromatic carbocycles. The van der Waals surface area contributed by atoms with Gasteiger partial charge in [0.2, 0.25) is 21.8 Å². The number of rotatable bonds is 6. The minimum atomic E-state index is -3.89. The summed E-state index contributed by atoms with van der Waals surface area (Å²) in [6.45, 7) is 4.69. The van der Waals surface area contributed by atoms with Crippen LogP contribution in [0.4, 0.5) is 11.4 Å². The quantitative estimate of drug-likeness (QED) is 0.570. The predicted molar refractivity (Wildman–Crippen MR) is 138 cm³/mol. The Morgan fingerprint density at radius 2 is 1.97 bits per heavy atom. The van der Waals surface area contributed by atoms with Crippen molar-refractivity contribution in [1.82, 2.24) is 4.31 Å². The highest BCUT2D eigenvalue weighted by Crippen LogP contribution is 2.38. The van der Waals surface area contributed by atoms with Crippen molar-refractivity contribution in [3.05, 3.63) is 45.9 Å². The van der Waals surface area contributed by atoms with Crippen LogP contribution in [-0.2, 0) is 26.0 Å². The zero-order chi connectivity index (χ0) is 25.3. The lowest BCUT2D eigenvalue weighted by atomic mass is 9.98. The zero-order valence-electron chi connectivity index (χ0n) is 20.1. The second-order valence-electron chi connectivity index (χ2n) is 8.96. The third-order valence-corrected chi connectivity index (χ3v) is 9.44. The molecule has 0 aromatic heterocycles. The van der Waals surface area contributed by atoms with Crippen molar-refractivity contribution >= 4 is 49.1 Å². The Hall–Kier alpha value is -2.43. The van der Waals surface area contributed by atoms with Crippen molar-refractivity contribution in [3.63, 3.8) is 0 Å². The van der Waals surface area contributed by atoms with E-state index in [-0.39, 0.29) is 23.3 Å². The number of methoxy groups -OCH3 is 1. The number of carbonyl (C=O) groups excluding carboxylic acids is 2. The molecule has 2 aromatic rings. The van der Waals surface area contributed by atoms with Crippen LogP contribution in [0.15, 0.2) is 39.7 Å². The van der Waals surface area contributed by atoms with Crippen LogP contribution in [0.5, 0.6) is 5.75 Å². The van der Waals surface area contributed by atoms with E-state index in [0.717, 1.165) is 11.1 Å². The molecule has 0 saturated carbocycles. The van der Waals surface area contributed by atoms with E-state index < -0.39 is 15.9 Å². The van der Waals surface area contributed by atoms with Gasteiger partial charge in [-0.2, -0.15) is 4.31 Å². The Morgan fingerprint density at radius 1 is 1.20 bits per heavy atom. The largest absolute Gasteiger partial charge is 0.495 e. The first-order chi connectivity index (χ1) is 16.6. The monoisotopic (exact) mass is 563 g/mol. The lowest BCUT2D eigenvalue weighted by Gasteiger charge is -2.32. The number of nitrogens with zero attached hydrogens (tertiary/aromatic N) is 2. The van der Waals surface area contributed by atoms with E-state index in [0.29, 0.717) is 60.4 Å². The molecule has 1 unspecified atom stereocenters. The zero-order valence-corrected chi connectivity index (χ0v) is 22.5. The van der Waals surface area contributed by atoms with Gasteiger partial charge in [0, 0.05) is 36.2 Å². The number of fused-ring (bicyclic) bond motifs is 1. The summed E-state index contributed by atoms with van der Waals surface area (Å²) in [5.41, 5.74) is 3.14. The van der Waals surface area contributed by atoms with Crippen LogP contribution in [0.25, 0.3) is 0 Å². The van der Waals surface area contributed by atoms with E-state index in [9.17, 15) is 18.0 Å². The average Bonchev–Trinajstić information content (AvgIpc) is 3.26. The Kier molecular flexibility index (Phi) is 7.54. The third kappa shape index (κ3) is 5.10. The van der Waals surface area contributed by atoms with Crippen molar-refractivity contribution in [2.45, 2.75) is 44.4 Å². The number of nitrogens with one attached hydrogen (secondary N) is 1. The van der Waals surface area contributed by atoms with Crippen molar-refractivity contribution < 1.29 is 22.7 Å². The minimum Gasteiger partial charge on any atom is -0.495 e. The molecule has 188 valence electrons. The molecule has 1 N–H and O–H groups in total. The molecule has 8 nitrogen and oxygen atoms in total. The molecule has 0 radical (unpaired) electrons. The molecule has 4 rings (SSSR count). The first-order valence-electron chi connectivity index (χ1n) is 11.7. The van der Waals surface area contributed by atoms with Crippen molar-refractivity contribution in [3.8, 4) is 5.75 Å². The van der Waals surface area contributed by atoms with Gasteiger partial charge in [0.15, 0.2) is 0 Å². The predicted octanol–water partition coefficient (Wildman–Crippen LogP) is 4.10. The number of carbonyl (C=O) groups is 2. The molecule has 10 heteroatoms. The van der Waals surface area contributed by atoms with Gasteiger partial charge in [0.05, 0.1) is 23.6 Å². The van der Waals surface area contributed by atoms with E-state index >= 15 is 0 Å². The summed E-state index contributed by atoms with van der Waals surface area (Å²) >= 11 is 3.43. The highest BCUT2D eigenvalue weighted by atomic mass is 79.9. The van der Waals surface area contributed by atoms with Crippen LogP contribution in [0, 0.1) is 12.8 Å². The standard InChI is InChI=1S/C25H30BrN3O5S/c1-4-24(30)29-11-9-17-13-19(26)23(14-21(17)29)35(32,33)28-10-5-6-18(15-28)25(31)27-20-12-16(2)7-8-22(20)34-3/h7-8,12-14,18H,4-6,9-11,15H2,1-3H3,(H,27,31). The molecular formula is C25H30BrN3O5S. The van der Waals surface area contributed by atoms with Gasteiger partial charge in [0.1, 0.15) is 5.75 Å². The highest BCUT2D eigenvalue weighted by molar-refractivity contribution is 9.10. The van der Waals surface area contributed by atoms with Gasteiger partial charge < -0.3 is 15.0 Å². The van der Waals surface area contributed by atoms with Gasteiger partial charge in [-0.1, -0.05) is 13.0 Å². The minimum absolute atomic E-state index is 0.0318. The molecular weight excluding hydrogens is 534 g/mol. The molecule has 2 amide bonds. The molecule has 2 aliphatic rings. The van der Waals surface area contributed by atoms with Gasteiger partial charge in [-0.3, -0.25) is 9.59 Å². The normalized spacial score (nSPS) is 18.3. The van der Waals surface area contributed by atoms with Gasteiger partial charge in [0.25, 0.3) is 0 Å². The second-order valence-corrected chi connectivity index (χ2v) is 11.7. The average molecular weight is 565 g/mol.